The van der Waals surface area contributed by atoms with E-state index in [1.54, 1.807) is 0 Å². The van der Waals surface area contributed by atoms with Gasteiger partial charge in [-0.05, 0) is 25.8 Å². The molecule has 0 saturated heterocycles. The molecule has 4 heteroatoms. The van der Waals surface area contributed by atoms with Gasteiger partial charge < -0.3 is 5.73 Å². The van der Waals surface area contributed by atoms with Gasteiger partial charge in [0, 0.05) is 11.9 Å². The summed E-state index contributed by atoms with van der Waals surface area (Å²) in [5.74, 6) is 0.140. The lowest BCUT2D eigenvalue weighted by Crippen LogP contribution is -2.46. The average molecular weight is 271 g/mol. The van der Waals surface area contributed by atoms with Crippen molar-refractivity contribution >= 4 is 16.7 Å². The Morgan fingerprint density at radius 3 is 2.75 bits per heavy atom. The van der Waals surface area contributed by atoms with Crippen LogP contribution in [0.25, 0.3) is 10.9 Å². The highest BCUT2D eigenvalue weighted by molar-refractivity contribution is 5.93. The number of rotatable bonds is 4. The number of para-hydroxylation sites is 1. The molecule has 0 unspecified atom stereocenters. The second kappa shape index (κ2) is 5.02. The van der Waals surface area contributed by atoms with E-state index in [4.69, 9.17) is 5.73 Å². The number of carbonyl (C=O) groups is 1. The molecular formula is C16H21N3O. The third-order valence-electron chi connectivity index (χ3n) is 4.41. The first kappa shape index (κ1) is 13.3. The molecule has 0 bridgehead atoms. The van der Waals surface area contributed by atoms with Gasteiger partial charge in [-0.15, -0.1) is 0 Å². The molecule has 2 N–H and O–H groups in total. The number of aryl methyl sites for hydroxylation is 1. The highest BCUT2D eigenvalue weighted by Crippen LogP contribution is 2.30. The third kappa shape index (κ3) is 2.14. The molecule has 0 radical (unpaired) electrons. The summed E-state index contributed by atoms with van der Waals surface area (Å²) >= 11 is 0. The Labute approximate surface area is 119 Å². The van der Waals surface area contributed by atoms with Gasteiger partial charge >= 0.3 is 0 Å². The van der Waals surface area contributed by atoms with Gasteiger partial charge in [0.2, 0.25) is 0 Å². The maximum atomic E-state index is 12.5. The maximum Gasteiger partial charge on any atom is 0.158 e. The van der Waals surface area contributed by atoms with E-state index in [2.05, 4.69) is 12.0 Å². The summed E-state index contributed by atoms with van der Waals surface area (Å²) in [5.41, 5.74) is 7.59. The number of fused-ring (bicyclic) bond motifs is 1. The number of ketones is 1. The molecule has 0 amide bonds. The summed E-state index contributed by atoms with van der Waals surface area (Å²) in [6.45, 7) is 2.87. The number of aromatic nitrogens is 2. The van der Waals surface area contributed by atoms with Gasteiger partial charge in [0.1, 0.15) is 0 Å². The molecule has 1 aromatic carbocycles. The lowest BCUT2D eigenvalue weighted by molar-refractivity contribution is -0.123. The molecule has 4 nitrogen and oxygen atoms in total. The van der Waals surface area contributed by atoms with E-state index < -0.39 is 5.54 Å². The van der Waals surface area contributed by atoms with Crippen LogP contribution in [-0.2, 0) is 17.8 Å². The zero-order valence-corrected chi connectivity index (χ0v) is 11.9. The fraction of sp³-hybridized carbons (Fsp3) is 0.500. The molecule has 1 aliphatic rings. The van der Waals surface area contributed by atoms with Gasteiger partial charge in [0.25, 0.3) is 0 Å². The quantitative estimate of drug-likeness (QED) is 0.929. The Bertz CT molecular complexity index is 638. The monoisotopic (exact) mass is 271 g/mol. The number of carbonyl (C=O) groups excluding carboxylic acids is 1. The predicted octanol–water partition coefficient (Wildman–Crippen LogP) is 2.44. The van der Waals surface area contributed by atoms with Gasteiger partial charge in [0.15, 0.2) is 5.78 Å². The van der Waals surface area contributed by atoms with Crippen molar-refractivity contribution in [2.24, 2.45) is 5.73 Å². The molecule has 0 spiro atoms. The van der Waals surface area contributed by atoms with E-state index >= 15 is 0 Å². The lowest BCUT2D eigenvalue weighted by atomic mass is 9.90. The van der Waals surface area contributed by atoms with Crippen LogP contribution in [-0.4, -0.2) is 21.1 Å². The van der Waals surface area contributed by atoms with Crippen molar-refractivity contribution in [2.45, 2.75) is 51.1 Å². The fourth-order valence-electron chi connectivity index (χ4n) is 3.18. The van der Waals surface area contributed by atoms with Crippen molar-refractivity contribution < 1.29 is 4.79 Å². The minimum atomic E-state index is -0.614. The lowest BCUT2D eigenvalue weighted by Gasteiger charge is -2.21. The van der Waals surface area contributed by atoms with E-state index in [1.165, 1.54) is 0 Å². The smallest absolute Gasteiger partial charge is 0.158 e. The minimum Gasteiger partial charge on any atom is -0.319 e. The minimum absolute atomic E-state index is 0.140. The third-order valence-corrected chi connectivity index (χ3v) is 4.41. The number of hydrogen-bond acceptors (Lipinski definition) is 3. The molecule has 0 aliphatic heterocycles. The number of nitrogens with two attached hydrogens (primary N) is 1. The number of benzene rings is 1. The highest BCUT2D eigenvalue weighted by atomic mass is 16.1. The second-order valence-corrected chi connectivity index (χ2v) is 5.74. The Morgan fingerprint density at radius 2 is 2.05 bits per heavy atom. The van der Waals surface area contributed by atoms with Gasteiger partial charge in [0.05, 0.1) is 23.2 Å². The van der Waals surface area contributed by atoms with Gasteiger partial charge in [-0.3, -0.25) is 9.48 Å². The van der Waals surface area contributed by atoms with Crippen molar-refractivity contribution in [1.29, 1.82) is 0 Å². The van der Waals surface area contributed by atoms with Crippen LogP contribution in [0.4, 0.5) is 0 Å². The van der Waals surface area contributed by atoms with E-state index in [0.717, 1.165) is 48.8 Å². The molecule has 3 rings (SSSR count). The van der Waals surface area contributed by atoms with Gasteiger partial charge in [-0.25, -0.2) is 0 Å². The predicted molar refractivity (Wildman–Crippen MR) is 79.5 cm³/mol. The van der Waals surface area contributed by atoms with Crippen LogP contribution in [0.2, 0.25) is 0 Å². The molecular weight excluding hydrogens is 250 g/mol. The molecule has 1 aromatic heterocycles. The Balaban J connectivity index is 1.93. The fourth-order valence-corrected chi connectivity index (χ4v) is 3.18. The van der Waals surface area contributed by atoms with E-state index in [-0.39, 0.29) is 5.78 Å². The molecule has 106 valence electrons. The first-order chi connectivity index (χ1) is 9.64. The van der Waals surface area contributed by atoms with E-state index in [1.807, 2.05) is 28.9 Å². The van der Waals surface area contributed by atoms with Crippen LogP contribution in [0.15, 0.2) is 24.3 Å². The van der Waals surface area contributed by atoms with Crippen LogP contribution in [0, 0.1) is 0 Å². The first-order valence-corrected chi connectivity index (χ1v) is 7.40. The zero-order chi connectivity index (χ0) is 14.2. The Hall–Kier alpha value is -1.68. The Kier molecular flexibility index (Phi) is 3.34. The van der Waals surface area contributed by atoms with Crippen molar-refractivity contribution in [3.63, 3.8) is 0 Å². The summed E-state index contributed by atoms with van der Waals surface area (Å²) in [7, 11) is 0. The number of nitrogens with zero attached hydrogens (tertiary/aromatic N) is 2. The van der Waals surface area contributed by atoms with Crippen molar-refractivity contribution in [3.8, 4) is 0 Å². The van der Waals surface area contributed by atoms with Crippen LogP contribution in [0.1, 0.15) is 38.3 Å². The van der Waals surface area contributed by atoms with Crippen molar-refractivity contribution in [3.05, 3.63) is 30.0 Å². The molecule has 1 heterocycles. The van der Waals surface area contributed by atoms with Gasteiger partial charge in [-0.2, -0.15) is 5.10 Å². The average Bonchev–Trinajstić information content (AvgIpc) is 3.05. The molecule has 1 saturated carbocycles. The molecule has 20 heavy (non-hydrogen) atoms. The number of hydrogen-bond donors (Lipinski definition) is 1. The summed E-state index contributed by atoms with van der Waals surface area (Å²) < 4.78 is 1.95. The first-order valence-electron chi connectivity index (χ1n) is 7.40. The summed E-state index contributed by atoms with van der Waals surface area (Å²) in [6, 6.07) is 8.08. The standard InChI is InChI=1S/C16H21N3O/c1-2-19-14-8-4-3-7-12(14)13(18-19)11-15(20)16(17)9-5-6-10-16/h3-4,7-8H,2,5-6,9-11,17H2,1H3. The van der Waals surface area contributed by atoms with E-state index in [9.17, 15) is 4.79 Å². The van der Waals surface area contributed by atoms with Crippen LogP contribution >= 0.6 is 0 Å². The maximum absolute atomic E-state index is 12.5. The van der Waals surface area contributed by atoms with Crippen LogP contribution < -0.4 is 5.73 Å². The van der Waals surface area contributed by atoms with Crippen LogP contribution in [0.5, 0.6) is 0 Å². The summed E-state index contributed by atoms with van der Waals surface area (Å²) in [5, 5.41) is 5.66. The second-order valence-electron chi connectivity index (χ2n) is 5.74. The van der Waals surface area contributed by atoms with E-state index in [0.29, 0.717) is 6.42 Å². The molecule has 1 fully saturated rings. The highest BCUT2D eigenvalue weighted by Gasteiger charge is 2.37. The molecule has 0 atom stereocenters. The number of Topliss-reactive ketones (excluding diaryl/α,β-unsaturated/α-hetero) is 1. The molecule has 2 aromatic rings. The molecule has 1 aliphatic carbocycles. The van der Waals surface area contributed by atoms with Crippen molar-refractivity contribution in [1.82, 2.24) is 9.78 Å². The summed E-state index contributed by atoms with van der Waals surface area (Å²) in [6.07, 6.45) is 4.11. The summed E-state index contributed by atoms with van der Waals surface area (Å²) in [4.78, 5) is 12.5. The van der Waals surface area contributed by atoms with Crippen molar-refractivity contribution in [2.75, 3.05) is 0 Å². The van der Waals surface area contributed by atoms with Gasteiger partial charge in [-0.1, -0.05) is 31.0 Å². The zero-order valence-electron chi connectivity index (χ0n) is 11.9. The van der Waals surface area contributed by atoms with Crippen LogP contribution in [0.3, 0.4) is 0 Å². The largest absolute Gasteiger partial charge is 0.319 e. The topological polar surface area (TPSA) is 60.9 Å². The SMILES string of the molecule is CCn1nc(CC(=O)C2(N)CCCC2)c2ccccc21. The Morgan fingerprint density at radius 1 is 1.35 bits per heavy atom. The normalized spacial score (nSPS) is 17.7.